The Balaban J connectivity index is 2.84. The number of fused-ring (bicyclic) bond motifs is 1. The third-order valence-electron chi connectivity index (χ3n) is 1.68. The van der Waals surface area contributed by atoms with Crippen LogP contribution in [0.25, 0.3) is 10.8 Å². The van der Waals surface area contributed by atoms with Gasteiger partial charge in [0.25, 0.3) is 0 Å². The van der Waals surface area contributed by atoms with Gasteiger partial charge in [-0.1, -0.05) is 11.6 Å². The summed E-state index contributed by atoms with van der Waals surface area (Å²) in [4.78, 5) is 4.01. The molecule has 2 rings (SSSR count). The number of aromatic nitrogens is 1. The second-order valence-electron chi connectivity index (χ2n) is 2.49. The molecule has 1 heterocycles. The lowest BCUT2D eigenvalue weighted by atomic mass is 10.2. The molecule has 0 radical (unpaired) electrons. The van der Waals surface area contributed by atoms with Gasteiger partial charge >= 0.3 is 0 Å². The van der Waals surface area contributed by atoms with Crippen LogP contribution < -0.4 is 0 Å². The van der Waals surface area contributed by atoms with Crippen LogP contribution in [0.2, 0.25) is 5.02 Å². The van der Waals surface area contributed by atoms with Gasteiger partial charge in [-0.2, -0.15) is 0 Å². The summed E-state index contributed by atoms with van der Waals surface area (Å²) < 4.78 is 0.919. The first-order valence-electron chi connectivity index (χ1n) is 3.46. The van der Waals surface area contributed by atoms with E-state index in [0.717, 1.165) is 20.3 Å². The average Bonchev–Trinajstić information content (AvgIpc) is 2.07. The van der Waals surface area contributed by atoms with Gasteiger partial charge in [-0.05, 0) is 39.5 Å². The summed E-state index contributed by atoms with van der Waals surface area (Å²) in [5.41, 5.74) is 0. The van der Waals surface area contributed by atoms with E-state index in [1.165, 1.54) is 0 Å². The molecular weight excluding hydrogens is 237 g/mol. The van der Waals surface area contributed by atoms with E-state index in [1.807, 2.05) is 18.2 Å². The fraction of sp³-hybridized carbons (Fsp3) is 0. The minimum Gasteiger partial charge on any atom is -0.264 e. The smallest absolute Gasteiger partial charge is 0.0555 e. The van der Waals surface area contributed by atoms with Crippen molar-refractivity contribution in [2.45, 2.75) is 0 Å². The van der Waals surface area contributed by atoms with E-state index in [2.05, 4.69) is 20.9 Å². The van der Waals surface area contributed by atoms with Crippen molar-refractivity contribution >= 4 is 38.3 Å². The van der Waals surface area contributed by atoms with Gasteiger partial charge in [0.1, 0.15) is 0 Å². The van der Waals surface area contributed by atoms with Gasteiger partial charge in [0.15, 0.2) is 0 Å². The number of hydrogen-bond acceptors (Lipinski definition) is 1. The zero-order chi connectivity index (χ0) is 8.55. The van der Waals surface area contributed by atoms with Crippen LogP contribution in [0, 0.1) is 0 Å². The number of pyridine rings is 1. The maximum Gasteiger partial charge on any atom is 0.0555 e. The highest BCUT2D eigenvalue weighted by Gasteiger charge is 1.98. The minimum atomic E-state index is 0.718. The second-order valence-corrected chi connectivity index (χ2v) is 3.75. The fourth-order valence-corrected chi connectivity index (χ4v) is 1.61. The van der Waals surface area contributed by atoms with Crippen molar-refractivity contribution in [1.29, 1.82) is 0 Å². The number of rotatable bonds is 0. The van der Waals surface area contributed by atoms with Gasteiger partial charge in [-0.3, -0.25) is 4.98 Å². The van der Waals surface area contributed by atoms with Crippen LogP contribution in [0.5, 0.6) is 0 Å². The zero-order valence-electron chi connectivity index (χ0n) is 6.09. The van der Waals surface area contributed by atoms with Crippen LogP contribution in [0.4, 0.5) is 0 Å². The van der Waals surface area contributed by atoms with Crippen molar-refractivity contribution < 1.29 is 0 Å². The fourth-order valence-electron chi connectivity index (χ4n) is 1.08. The van der Waals surface area contributed by atoms with E-state index < -0.39 is 0 Å². The molecule has 1 nitrogen and oxygen atoms in total. The van der Waals surface area contributed by atoms with Gasteiger partial charge in [-0.15, -0.1) is 0 Å². The number of benzene rings is 1. The molecule has 3 heteroatoms. The van der Waals surface area contributed by atoms with Crippen LogP contribution in [-0.4, -0.2) is 4.98 Å². The van der Waals surface area contributed by atoms with Crippen LogP contribution in [0.3, 0.4) is 0 Å². The molecule has 0 fully saturated rings. The van der Waals surface area contributed by atoms with E-state index in [0.29, 0.717) is 0 Å². The van der Waals surface area contributed by atoms with Crippen molar-refractivity contribution in [2.24, 2.45) is 0 Å². The molecule has 0 saturated carbocycles. The highest BCUT2D eigenvalue weighted by Crippen LogP contribution is 2.27. The Bertz CT molecular complexity index is 387. The van der Waals surface area contributed by atoms with Gasteiger partial charge in [0, 0.05) is 22.3 Å². The molecule has 60 valence electrons. The predicted octanol–water partition coefficient (Wildman–Crippen LogP) is 3.65. The Morgan fingerprint density at radius 2 is 2.08 bits per heavy atom. The standard InChI is InChI=1S/C9H5BrClN/c10-8-3-6-1-2-12-5-7(6)4-9(8)11/h1-5H. The van der Waals surface area contributed by atoms with E-state index >= 15 is 0 Å². The minimum absolute atomic E-state index is 0.718. The van der Waals surface area contributed by atoms with Crippen molar-refractivity contribution in [2.75, 3.05) is 0 Å². The van der Waals surface area contributed by atoms with Crippen molar-refractivity contribution in [3.05, 3.63) is 40.1 Å². The molecule has 0 saturated heterocycles. The largest absolute Gasteiger partial charge is 0.264 e. The topological polar surface area (TPSA) is 12.9 Å². The number of hydrogen-bond donors (Lipinski definition) is 0. The van der Waals surface area contributed by atoms with Gasteiger partial charge in [0.2, 0.25) is 0 Å². The molecular formula is C9H5BrClN. The van der Waals surface area contributed by atoms with Crippen LogP contribution in [0.15, 0.2) is 35.1 Å². The first-order valence-corrected chi connectivity index (χ1v) is 4.63. The maximum absolute atomic E-state index is 5.91. The van der Waals surface area contributed by atoms with Gasteiger partial charge in [-0.25, -0.2) is 0 Å². The molecule has 2 aromatic rings. The van der Waals surface area contributed by atoms with Crippen LogP contribution in [0.1, 0.15) is 0 Å². The second kappa shape index (κ2) is 3.04. The lowest BCUT2D eigenvalue weighted by Crippen LogP contribution is -1.76. The third kappa shape index (κ3) is 1.32. The van der Waals surface area contributed by atoms with E-state index in [4.69, 9.17) is 11.6 Å². The van der Waals surface area contributed by atoms with Gasteiger partial charge in [0.05, 0.1) is 5.02 Å². The molecule has 0 aliphatic rings. The monoisotopic (exact) mass is 241 g/mol. The van der Waals surface area contributed by atoms with Crippen molar-refractivity contribution in [3.8, 4) is 0 Å². The summed E-state index contributed by atoms with van der Waals surface area (Å²) in [7, 11) is 0. The summed E-state index contributed by atoms with van der Waals surface area (Å²) in [6, 6.07) is 5.84. The van der Waals surface area contributed by atoms with E-state index in [9.17, 15) is 0 Å². The van der Waals surface area contributed by atoms with Crippen molar-refractivity contribution in [1.82, 2.24) is 4.98 Å². The molecule has 0 spiro atoms. The molecule has 1 aromatic heterocycles. The predicted molar refractivity (Wildman–Crippen MR) is 54.5 cm³/mol. The highest BCUT2D eigenvalue weighted by atomic mass is 79.9. The molecule has 1 aromatic carbocycles. The molecule has 0 bridgehead atoms. The number of halogens is 2. The summed E-state index contributed by atoms with van der Waals surface area (Å²) >= 11 is 9.28. The maximum atomic E-state index is 5.91. The molecule has 0 aliphatic heterocycles. The summed E-state index contributed by atoms with van der Waals surface area (Å²) in [6.45, 7) is 0. The first kappa shape index (κ1) is 8.02. The van der Waals surface area contributed by atoms with Gasteiger partial charge < -0.3 is 0 Å². The summed E-state index contributed by atoms with van der Waals surface area (Å²) in [5, 5.41) is 2.92. The molecule has 0 unspecified atom stereocenters. The summed E-state index contributed by atoms with van der Waals surface area (Å²) in [6.07, 6.45) is 3.57. The molecule has 0 aliphatic carbocycles. The molecule has 0 amide bonds. The average molecular weight is 243 g/mol. The summed E-state index contributed by atoms with van der Waals surface area (Å²) in [5.74, 6) is 0. The molecule has 0 atom stereocenters. The number of nitrogens with zero attached hydrogens (tertiary/aromatic N) is 1. The Labute approximate surface area is 83.5 Å². The highest BCUT2D eigenvalue weighted by molar-refractivity contribution is 9.10. The Morgan fingerprint density at radius 3 is 2.92 bits per heavy atom. The SMILES string of the molecule is Clc1cc2cnccc2cc1Br. The quantitative estimate of drug-likeness (QED) is 0.687. The molecule has 12 heavy (non-hydrogen) atoms. The third-order valence-corrected chi connectivity index (χ3v) is 2.88. The lowest BCUT2D eigenvalue weighted by molar-refractivity contribution is 1.36. The van der Waals surface area contributed by atoms with Crippen LogP contribution >= 0.6 is 27.5 Å². The Hall–Kier alpha value is -0.600. The van der Waals surface area contributed by atoms with Crippen LogP contribution in [-0.2, 0) is 0 Å². The van der Waals surface area contributed by atoms with E-state index in [1.54, 1.807) is 12.4 Å². The zero-order valence-corrected chi connectivity index (χ0v) is 8.43. The molecule has 0 N–H and O–H groups in total. The Morgan fingerprint density at radius 1 is 1.25 bits per heavy atom. The first-order chi connectivity index (χ1) is 5.77. The van der Waals surface area contributed by atoms with E-state index in [-0.39, 0.29) is 0 Å². The normalized spacial score (nSPS) is 10.5. The lowest BCUT2D eigenvalue weighted by Gasteiger charge is -1.99. The Kier molecular flexibility index (Phi) is 2.03. The van der Waals surface area contributed by atoms with Crippen molar-refractivity contribution in [3.63, 3.8) is 0 Å².